The van der Waals surface area contributed by atoms with Crippen LogP contribution in [0.25, 0.3) is 0 Å². The Bertz CT molecular complexity index is 311. The third-order valence-corrected chi connectivity index (χ3v) is 6.28. The van der Waals surface area contributed by atoms with E-state index in [1.54, 1.807) is 14.0 Å². The third kappa shape index (κ3) is 3.91. The quantitative estimate of drug-likeness (QED) is 0.746. The summed E-state index contributed by atoms with van der Waals surface area (Å²) in [7, 11) is -1.41. The zero-order chi connectivity index (χ0) is 12.2. The zero-order valence-corrected chi connectivity index (χ0v) is 11.9. The minimum Gasteiger partial charge on any atom is -0.318 e. The van der Waals surface area contributed by atoms with Gasteiger partial charge in [-0.25, -0.2) is 13.1 Å². The molecule has 0 saturated carbocycles. The summed E-state index contributed by atoms with van der Waals surface area (Å²) in [6.45, 7) is 4.89. The van der Waals surface area contributed by atoms with Crippen molar-refractivity contribution in [3.63, 3.8) is 0 Å². The molecule has 0 aromatic carbocycles. The Morgan fingerprint density at radius 3 is 2.69 bits per heavy atom. The number of sulfonamides is 1. The fraction of sp³-hybridized carbons (Fsp3) is 1.00. The summed E-state index contributed by atoms with van der Waals surface area (Å²) in [5.74, 6) is 1.14. The number of hydrogen-bond donors (Lipinski definition) is 2. The number of hydrogen-bond acceptors (Lipinski definition) is 4. The molecule has 0 spiro atoms. The van der Waals surface area contributed by atoms with E-state index in [0.29, 0.717) is 13.1 Å². The molecule has 1 fully saturated rings. The summed E-state index contributed by atoms with van der Waals surface area (Å²) in [6, 6.07) is 0. The molecule has 2 N–H and O–H groups in total. The largest absolute Gasteiger partial charge is 0.318 e. The second-order valence-electron chi connectivity index (χ2n) is 4.64. The molecule has 2 unspecified atom stereocenters. The summed E-state index contributed by atoms with van der Waals surface area (Å²) < 4.78 is 26.5. The van der Waals surface area contributed by atoms with E-state index in [9.17, 15) is 8.42 Å². The zero-order valence-electron chi connectivity index (χ0n) is 10.2. The Labute approximate surface area is 103 Å². The van der Waals surface area contributed by atoms with Gasteiger partial charge in [-0.1, -0.05) is 0 Å². The van der Waals surface area contributed by atoms with Gasteiger partial charge in [0, 0.05) is 17.8 Å². The summed E-state index contributed by atoms with van der Waals surface area (Å²) in [4.78, 5) is 0. The van der Waals surface area contributed by atoms with Crippen molar-refractivity contribution in [3.8, 4) is 0 Å². The van der Waals surface area contributed by atoms with Crippen LogP contribution in [0.1, 0.15) is 26.7 Å². The van der Waals surface area contributed by atoms with Crippen LogP contribution >= 0.6 is 11.8 Å². The van der Waals surface area contributed by atoms with Crippen molar-refractivity contribution < 1.29 is 8.42 Å². The molecule has 0 aromatic rings. The average Bonchev–Trinajstić information content (AvgIpc) is 2.64. The lowest BCUT2D eigenvalue weighted by molar-refractivity contribution is 0.540. The molecule has 2 atom stereocenters. The van der Waals surface area contributed by atoms with Gasteiger partial charge in [0.15, 0.2) is 0 Å². The van der Waals surface area contributed by atoms with Gasteiger partial charge in [0.05, 0.1) is 5.25 Å². The van der Waals surface area contributed by atoms with Crippen LogP contribution in [0, 0.1) is 0 Å². The standard InChI is InChI=1S/C10H22N2O2S2/c1-9(7-11-3)16(13,14)12-8-10(2)5-4-6-15-10/h9,11-12H,4-8H2,1-3H3. The van der Waals surface area contributed by atoms with Crippen molar-refractivity contribution in [3.05, 3.63) is 0 Å². The fourth-order valence-corrected chi connectivity index (χ4v) is 4.30. The molecular formula is C10H22N2O2S2. The molecule has 4 nitrogen and oxygen atoms in total. The van der Waals surface area contributed by atoms with Crippen molar-refractivity contribution in [2.45, 2.75) is 36.7 Å². The molecule has 1 aliphatic heterocycles. The first-order valence-electron chi connectivity index (χ1n) is 5.67. The SMILES string of the molecule is CNCC(C)S(=O)(=O)NCC1(C)CCCS1. The Hall–Kier alpha value is 0.220. The van der Waals surface area contributed by atoms with Gasteiger partial charge in [-0.3, -0.25) is 0 Å². The Morgan fingerprint density at radius 2 is 2.19 bits per heavy atom. The van der Waals surface area contributed by atoms with Crippen molar-refractivity contribution in [1.82, 2.24) is 10.0 Å². The lowest BCUT2D eigenvalue weighted by Crippen LogP contribution is -2.43. The highest BCUT2D eigenvalue weighted by Crippen LogP contribution is 2.37. The molecule has 0 amide bonds. The number of nitrogens with one attached hydrogen (secondary N) is 2. The van der Waals surface area contributed by atoms with E-state index in [-0.39, 0.29) is 10.00 Å². The molecule has 96 valence electrons. The van der Waals surface area contributed by atoms with Crippen LogP contribution in [0.4, 0.5) is 0 Å². The third-order valence-electron chi connectivity index (χ3n) is 2.97. The van der Waals surface area contributed by atoms with Crippen molar-refractivity contribution >= 4 is 21.8 Å². The van der Waals surface area contributed by atoms with Gasteiger partial charge in [0.1, 0.15) is 0 Å². The van der Waals surface area contributed by atoms with Crippen molar-refractivity contribution in [2.24, 2.45) is 0 Å². The predicted molar refractivity (Wildman–Crippen MR) is 70.4 cm³/mol. The Kier molecular flexibility index (Phi) is 5.10. The van der Waals surface area contributed by atoms with E-state index in [0.717, 1.165) is 12.2 Å². The van der Waals surface area contributed by atoms with E-state index in [1.807, 2.05) is 11.8 Å². The maximum Gasteiger partial charge on any atom is 0.215 e. The normalized spacial score (nSPS) is 28.2. The topological polar surface area (TPSA) is 58.2 Å². The molecule has 6 heteroatoms. The van der Waals surface area contributed by atoms with E-state index in [1.165, 1.54) is 6.42 Å². The highest BCUT2D eigenvalue weighted by molar-refractivity contribution is 8.01. The molecule has 1 heterocycles. The summed E-state index contributed by atoms with van der Waals surface area (Å²) in [6.07, 6.45) is 2.29. The molecular weight excluding hydrogens is 244 g/mol. The predicted octanol–water partition coefficient (Wildman–Crippen LogP) is 0.799. The molecule has 1 rings (SSSR count). The molecule has 1 aliphatic rings. The second kappa shape index (κ2) is 5.71. The first kappa shape index (κ1) is 14.3. The van der Waals surface area contributed by atoms with Gasteiger partial charge in [0.25, 0.3) is 0 Å². The van der Waals surface area contributed by atoms with E-state index >= 15 is 0 Å². The molecule has 16 heavy (non-hydrogen) atoms. The Morgan fingerprint density at radius 1 is 1.50 bits per heavy atom. The number of thioether (sulfide) groups is 1. The van der Waals surface area contributed by atoms with E-state index in [2.05, 4.69) is 17.0 Å². The maximum absolute atomic E-state index is 11.9. The smallest absolute Gasteiger partial charge is 0.215 e. The van der Waals surface area contributed by atoms with Gasteiger partial charge in [-0.05, 0) is 39.5 Å². The second-order valence-corrected chi connectivity index (χ2v) is 8.50. The van der Waals surface area contributed by atoms with Crippen LogP contribution in [0.5, 0.6) is 0 Å². The molecule has 0 aliphatic carbocycles. The monoisotopic (exact) mass is 266 g/mol. The van der Waals surface area contributed by atoms with Crippen LogP contribution in [-0.4, -0.2) is 44.3 Å². The molecule has 1 saturated heterocycles. The van der Waals surface area contributed by atoms with Crippen LogP contribution in [0.2, 0.25) is 0 Å². The Balaban J connectivity index is 2.47. The van der Waals surface area contributed by atoms with E-state index in [4.69, 9.17) is 0 Å². The molecule has 0 radical (unpaired) electrons. The van der Waals surface area contributed by atoms with Gasteiger partial charge in [-0.15, -0.1) is 0 Å². The van der Waals surface area contributed by atoms with Gasteiger partial charge in [0.2, 0.25) is 10.0 Å². The lowest BCUT2D eigenvalue weighted by Gasteiger charge is -2.24. The summed E-state index contributed by atoms with van der Waals surface area (Å²) in [5, 5.41) is 2.50. The van der Waals surface area contributed by atoms with Crippen molar-refractivity contribution in [1.29, 1.82) is 0 Å². The highest BCUT2D eigenvalue weighted by Gasteiger charge is 2.31. The fourth-order valence-electron chi connectivity index (χ4n) is 1.77. The van der Waals surface area contributed by atoms with Crippen LogP contribution in [0.15, 0.2) is 0 Å². The van der Waals surface area contributed by atoms with Crippen LogP contribution in [0.3, 0.4) is 0 Å². The minimum absolute atomic E-state index is 0.0897. The van der Waals surface area contributed by atoms with E-state index < -0.39 is 10.0 Å². The lowest BCUT2D eigenvalue weighted by atomic mass is 10.1. The summed E-state index contributed by atoms with van der Waals surface area (Å²) in [5.41, 5.74) is 0. The van der Waals surface area contributed by atoms with Gasteiger partial charge < -0.3 is 5.32 Å². The van der Waals surface area contributed by atoms with Gasteiger partial charge in [-0.2, -0.15) is 11.8 Å². The minimum atomic E-state index is -3.17. The first-order valence-corrected chi connectivity index (χ1v) is 8.20. The van der Waals surface area contributed by atoms with Crippen molar-refractivity contribution in [2.75, 3.05) is 25.9 Å². The number of rotatable bonds is 6. The maximum atomic E-state index is 11.9. The first-order chi connectivity index (χ1) is 7.40. The molecule has 0 bridgehead atoms. The van der Waals surface area contributed by atoms with Gasteiger partial charge >= 0.3 is 0 Å². The van der Waals surface area contributed by atoms with Crippen LogP contribution < -0.4 is 10.0 Å². The highest BCUT2D eigenvalue weighted by atomic mass is 32.2. The summed E-state index contributed by atoms with van der Waals surface area (Å²) >= 11 is 1.87. The molecule has 0 aromatic heterocycles. The average molecular weight is 266 g/mol. The van der Waals surface area contributed by atoms with Crippen LogP contribution in [-0.2, 0) is 10.0 Å².